The molecule has 0 aliphatic heterocycles. The molecule has 0 spiro atoms. The van der Waals surface area contributed by atoms with E-state index in [-0.39, 0.29) is 12.1 Å². The first kappa shape index (κ1) is 15.7. The quantitative estimate of drug-likeness (QED) is 0.608. The Balaban J connectivity index is 3.46. The van der Waals surface area contributed by atoms with Gasteiger partial charge in [0.2, 0.25) is 5.91 Å². The molecule has 1 unspecified atom stereocenters. The smallest absolute Gasteiger partial charge is 0.225 e. The van der Waals surface area contributed by atoms with Crippen LogP contribution < -0.4 is 4.90 Å². The fraction of sp³-hybridized carbons (Fsp3) is 0.400. The maximum Gasteiger partial charge on any atom is 0.225 e. The summed E-state index contributed by atoms with van der Waals surface area (Å²) < 4.78 is 5.29. The molecule has 1 aromatic carbocycles. The molecule has 0 heterocycles. The van der Waals surface area contributed by atoms with Crippen LogP contribution in [0.15, 0.2) is 24.8 Å². The lowest BCUT2D eigenvalue weighted by Gasteiger charge is -2.30. The number of carbonyl (C=O) groups excluding carboxylic acids is 1. The Labute approximate surface area is 119 Å². The van der Waals surface area contributed by atoms with Gasteiger partial charge in [-0.1, -0.05) is 23.7 Å². The number of rotatable bonds is 5. The van der Waals surface area contributed by atoms with Crippen LogP contribution in [-0.4, -0.2) is 19.2 Å². The van der Waals surface area contributed by atoms with Crippen molar-refractivity contribution in [3.8, 4) is 0 Å². The number of methoxy groups -OCH3 is 1. The molecule has 4 heteroatoms. The topological polar surface area (TPSA) is 29.5 Å². The third-order valence-corrected chi connectivity index (χ3v) is 3.51. The van der Waals surface area contributed by atoms with Gasteiger partial charge in [-0.25, -0.2) is 0 Å². The average Bonchev–Trinajstić information content (AvgIpc) is 2.37. The van der Waals surface area contributed by atoms with Crippen molar-refractivity contribution in [2.45, 2.75) is 33.4 Å². The highest BCUT2D eigenvalue weighted by molar-refractivity contribution is 6.31. The van der Waals surface area contributed by atoms with E-state index in [1.807, 2.05) is 32.1 Å². The van der Waals surface area contributed by atoms with Crippen molar-refractivity contribution in [1.82, 2.24) is 0 Å². The van der Waals surface area contributed by atoms with Gasteiger partial charge in [-0.3, -0.25) is 9.69 Å². The number of amides is 1. The van der Waals surface area contributed by atoms with Crippen LogP contribution in [0.1, 0.15) is 25.0 Å². The summed E-state index contributed by atoms with van der Waals surface area (Å²) in [6, 6.07) is 3.76. The highest BCUT2D eigenvalue weighted by atomic mass is 35.5. The molecule has 0 N–H and O–H groups in total. The number of halogens is 1. The first-order chi connectivity index (χ1) is 8.93. The zero-order valence-electron chi connectivity index (χ0n) is 11.9. The Morgan fingerprint density at radius 2 is 2.21 bits per heavy atom. The standard InChI is InChI=1S/C15H20ClNO2/c1-6-7-13-8-9-14(16)10(2)15(13)17(11(3)18)12(4)19-5/h6,8-9,12H,1,7H2,2-5H3. The minimum absolute atomic E-state index is 0.0787. The molecule has 0 saturated heterocycles. The van der Waals surface area contributed by atoms with Gasteiger partial charge >= 0.3 is 0 Å². The third kappa shape index (κ3) is 3.37. The summed E-state index contributed by atoms with van der Waals surface area (Å²) in [5, 5.41) is 0.636. The molecule has 0 aliphatic rings. The van der Waals surface area contributed by atoms with Gasteiger partial charge in [0.15, 0.2) is 0 Å². The van der Waals surface area contributed by atoms with Crippen LogP contribution in [-0.2, 0) is 16.0 Å². The molecule has 0 bridgehead atoms. The van der Waals surface area contributed by atoms with Crippen molar-refractivity contribution < 1.29 is 9.53 Å². The van der Waals surface area contributed by atoms with Crippen LogP contribution in [0.3, 0.4) is 0 Å². The van der Waals surface area contributed by atoms with Crippen molar-refractivity contribution in [2.24, 2.45) is 0 Å². The Hall–Kier alpha value is -1.32. The molecule has 19 heavy (non-hydrogen) atoms. The number of ether oxygens (including phenoxy) is 1. The van der Waals surface area contributed by atoms with Gasteiger partial charge in [0.05, 0.1) is 5.69 Å². The Kier molecular flexibility index (Phi) is 5.58. The van der Waals surface area contributed by atoms with Crippen molar-refractivity contribution in [2.75, 3.05) is 12.0 Å². The predicted octanol–water partition coefficient (Wildman–Crippen LogP) is 3.72. The molecule has 1 amide bonds. The number of anilines is 1. The Morgan fingerprint density at radius 3 is 2.68 bits per heavy atom. The maximum atomic E-state index is 11.9. The summed E-state index contributed by atoms with van der Waals surface area (Å²) >= 11 is 6.18. The fourth-order valence-corrected chi connectivity index (χ4v) is 2.24. The highest BCUT2D eigenvalue weighted by Crippen LogP contribution is 2.33. The Morgan fingerprint density at radius 1 is 1.58 bits per heavy atom. The summed E-state index contributed by atoms with van der Waals surface area (Å²) in [4.78, 5) is 13.6. The van der Waals surface area contributed by atoms with Gasteiger partial charge in [-0.05, 0) is 37.5 Å². The van der Waals surface area contributed by atoms with Crippen LogP contribution in [0.4, 0.5) is 5.69 Å². The van der Waals surface area contributed by atoms with Gasteiger partial charge in [0.1, 0.15) is 6.23 Å². The van der Waals surface area contributed by atoms with Crippen molar-refractivity contribution in [1.29, 1.82) is 0 Å². The van der Waals surface area contributed by atoms with Crippen molar-refractivity contribution >= 4 is 23.2 Å². The molecular weight excluding hydrogens is 262 g/mol. The molecule has 0 radical (unpaired) electrons. The predicted molar refractivity (Wildman–Crippen MR) is 79.7 cm³/mol. The average molecular weight is 282 g/mol. The van der Waals surface area contributed by atoms with Gasteiger partial charge in [-0.2, -0.15) is 0 Å². The number of allylic oxidation sites excluding steroid dienone is 1. The minimum atomic E-state index is -0.349. The summed E-state index contributed by atoms with van der Waals surface area (Å²) in [5.74, 6) is -0.0787. The van der Waals surface area contributed by atoms with E-state index in [1.165, 1.54) is 6.92 Å². The van der Waals surface area contributed by atoms with Crippen LogP contribution in [0, 0.1) is 6.92 Å². The van der Waals surface area contributed by atoms with E-state index in [2.05, 4.69) is 6.58 Å². The number of hydrogen-bond acceptors (Lipinski definition) is 2. The lowest BCUT2D eigenvalue weighted by atomic mass is 10.0. The number of benzene rings is 1. The van der Waals surface area contributed by atoms with E-state index in [0.29, 0.717) is 11.4 Å². The highest BCUT2D eigenvalue weighted by Gasteiger charge is 2.23. The molecule has 3 nitrogen and oxygen atoms in total. The van der Waals surface area contributed by atoms with Crippen LogP contribution >= 0.6 is 11.6 Å². The van der Waals surface area contributed by atoms with Crippen LogP contribution in [0.2, 0.25) is 5.02 Å². The lowest BCUT2D eigenvalue weighted by molar-refractivity contribution is -0.118. The molecule has 0 saturated carbocycles. The number of carbonyl (C=O) groups is 1. The van der Waals surface area contributed by atoms with E-state index in [1.54, 1.807) is 12.0 Å². The normalized spacial score (nSPS) is 12.1. The molecule has 1 aromatic rings. The Bertz CT molecular complexity index is 485. The molecule has 1 rings (SSSR count). The SMILES string of the molecule is C=CCc1ccc(Cl)c(C)c1N(C(C)=O)C(C)OC. The summed E-state index contributed by atoms with van der Waals surface area (Å²) in [6.45, 7) is 9.01. The van der Waals surface area contributed by atoms with Gasteiger partial charge in [0.25, 0.3) is 0 Å². The number of hydrogen-bond donors (Lipinski definition) is 0. The second-order valence-corrected chi connectivity index (χ2v) is 4.80. The van der Waals surface area contributed by atoms with E-state index >= 15 is 0 Å². The summed E-state index contributed by atoms with van der Waals surface area (Å²) in [7, 11) is 1.58. The van der Waals surface area contributed by atoms with Crippen molar-refractivity contribution in [3.05, 3.63) is 40.9 Å². The summed E-state index contributed by atoms with van der Waals surface area (Å²) in [5.41, 5.74) is 2.70. The minimum Gasteiger partial charge on any atom is -0.361 e. The largest absolute Gasteiger partial charge is 0.361 e. The third-order valence-electron chi connectivity index (χ3n) is 3.10. The molecular formula is C15H20ClNO2. The van der Waals surface area contributed by atoms with E-state index < -0.39 is 0 Å². The first-order valence-corrected chi connectivity index (χ1v) is 6.53. The number of nitrogens with zero attached hydrogens (tertiary/aromatic N) is 1. The van der Waals surface area contributed by atoms with Crippen molar-refractivity contribution in [3.63, 3.8) is 0 Å². The summed E-state index contributed by atoms with van der Waals surface area (Å²) in [6.07, 6.45) is 2.13. The second-order valence-electron chi connectivity index (χ2n) is 4.40. The monoisotopic (exact) mass is 281 g/mol. The van der Waals surface area contributed by atoms with Gasteiger partial charge in [-0.15, -0.1) is 6.58 Å². The van der Waals surface area contributed by atoms with Gasteiger partial charge < -0.3 is 4.74 Å². The van der Waals surface area contributed by atoms with E-state index in [9.17, 15) is 4.79 Å². The van der Waals surface area contributed by atoms with Crippen LogP contribution in [0.25, 0.3) is 0 Å². The van der Waals surface area contributed by atoms with Crippen LogP contribution in [0.5, 0.6) is 0 Å². The van der Waals surface area contributed by atoms with E-state index in [0.717, 1.165) is 16.8 Å². The molecule has 0 fully saturated rings. The second kappa shape index (κ2) is 6.73. The van der Waals surface area contributed by atoms with E-state index in [4.69, 9.17) is 16.3 Å². The fourth-order valence-electron chi connectivity index (χ4n) is 2.09. The molecule has 1 atom stereocenters. The van der Waals surface area contributed by atoms with Gasteiger partial charge in [0, 0.05) is 19.1 Å². The maximum absolute atomic E-state index is 11.9. The first-order valence-electron chi connectivity index (χ1n) is 6.15. The lowest BCUT2D eigenvalue weighted by Crippen LogP contribution is -2.39. The molecule has 0 aliphatic carbocycles. The zero-order chi connectivity index (χ0) is 14.6. The zero-order valence-corrected chi connectivity index (χ0v) is 12.6. The molecule has 104 valence electrons. The molecule has 0 aromatic heterocycles.